The summed E-state index contributed by atoms with van der Waals surface area (Å²) in [6.45, 7) is 9.30. The van der Waals surface area contributed by atoms with Crippen LogP contribution in [0.15, 0.2) is 0 Å². The Morgan fingerprint density at radius 3 is 2.47 bits per heavy atom. The molecule has 2 atom stereocenters. The lowest BCUT2D eigenvalue weighted by Crippen LogP contribution is -2.42. The number of rotatable bonds is 6. The van der Waals surface area contributed by atoms with Crippen molar-refractivity contribution in [3.63, 3.8) is 0 Å². The molecule has 0 saturated carbocycles. The number of likely N-dealkylation sites (N-methyl/N-ethyl adjacent to an activating group) is 1. The SMILES string of the molecule is CCN(CC)C1CCN(S(=O)(=O)C(C)CN)C1. The summed E-state index contributed by atoms with van der Waals surface area (Å²) in [5.41, 5.74) is 5.46. The van der Waals surface area contributed by atoms with Gasteiger partial charge in [0, 0.05) is 25.7 Å². The highest BCUT2D eigenvalue weighted by Gasteiger charge is 2.35. The summed E-state index contributed by atoms with van der Waals surface area (Å²) in [5.74, 6) is 0. The van der Waals surface area contributed by atoms with E-state index < -0.39 is 15.3 Å². The minimum Gasteiger partial charge on any atom is -0.329 e. The molecule has 1 rings (SSSR count). The monoisotopic (exact) mass is 263 g/mol. The van der Waals surface area contributed by atoms with E-state index in [0.717, 1.165) is 19.5 Å². The van der Waals surface area contributed by atoms with E-state index in [1.807, 2.05) is 0 Å². The molecule has 17 heavy (non-hydrogen) atoms. The zero-order chi connectivity index (χ0) is 13.1. The van der Waals surface area contributed by atoms with Crippen molar-refractivity contribution < 1.29 is 8.42 Å². The summed E-state index contributed by atoms with van der Waals surface area (Å²) < 4.78 is 25.9. The van der Waals surface area contributed by atoms with E-state index in [0.29, 0.717) is 19.1 Å². The van der Waals surface area contributed by atoms with Crippen LogP contribution in [-0.2, 0) is 10.0 Å². The molecule has 2 N–H and O–H groups in total. The van der Waals surface area contributed by atoms with Crippen molar-refractivity contribution in [2.45, 2.75) is 38.5 Å². The second-order valence-electron chi connectivity index (χ2n) is 4.61. The first-order valence-corrected chi connectivity index (χ1v) is 7.90. The highest BCUT2D eigenvalue weighted by atomic mass is 32.2. The van der Waals surface area contributed by atoms with Gasteiger partial charge < -0.3 is 5.73 Å². The highest BCUT2D eigenvalue weighted by Crippen LogP contribution is 2.20. The van der Waals surface area contributed by atoms with Crippen LogP contribution in [0.2, 0.25) is 0 Å². The van der Waals surface area contributed by atoms with Crippen LogP contribution < -0.4 is 5.73 Å². The van der Waals surface area contributed by atoms with E-state index in [1.54, 1.807) is 11.2 Å². The van der Waals surface area contributed by atoms with Gasteiger partial charge in [-0.25, -0.2) is 12.7 Å². The van der Waals surface area contributed by atoms with Gasteiger partial charge in [0.2, 0.25) is 10.0 Å². The molecule has 2 unspecified atom stereocenters. The first-order chi connectivity index (χ1) is 7.97. The summed E-state index contributed by atoms with van der Waals surface area (Å²) in [6.07, 6.45) is 0.929. The van der Waals surface area contributed by atoms with Crippen LogP contribution >= 0.6 is 0 Å². The third kappa shape index (κ3) is 3.19. The average Bonchev–Trinajstić information content (AvgIpc) is 2.79. The van der Waals surface area contributed by atoms with Gasteiger partial charge in [-0.05, 0) is 26.4 Å². The number of hydrogen-bond donors (Lipinski definition) is 1. The Balaban J connectivity index is 2.67. The number of nitrogens with zero attached hydrogens (tertiary/aromatic N) is 2. The second-order valence-corrected chi connectivity index (χ2v) is 6.96. The number of hydrogen-bond acceptors (Lipinski definition) is 4. The molecular formula is C11H25N3O2S. The van der Waals surface area contributed by atoms with E-state index in [2.05, 4.69) is 18.7 Å². The Morgan fingerprint density at radius 2 is 2.00 bits per heavy atom. The molecule has 0 aromatic heterocycles. The van der Waals surface area contributed by atoms with Gasteiger partial charge in [0.15, 0.2) is 0 Å². The molecule has 0 amide bonds. The van der Waals surface area contributed by atoms with Gasteiger partial charge in [0.25, 0.3) is 0 Å². The van der Waals surface area contributed by atoms with Crippen LogP contribution in [0.3, 0.4) is 0 Å². The van der Waals surface area contributed by atoms with Crippen LogP contribution in [-0.4, -0.2) is 61.6 Å². The largest absolute Gasteiger partial charge is 0.329 e. The summed E-state index contributed by atoms with van der Waals surface area (Å²) >= 11 is 0. The van der Waals surface area contributed by atoms with Gasteiger partial charge in [0.05, 0.1) is 5.25 Å². The summed E-state index contributed by atoms with van der Waals surface area (Å²) in [4.78, 5) is 2.32. The van der Waals surface area contributed by atoms with Crippen molar-refractivity contribution in [2.75, 3.05) is 32.7 Å². The molecule has 1 aliphatic rings. The van der Waals surface area contributed by atoms with Crippen molar-refractivity contribution in [1.29, 1.82) is 0 Å². The fourth-order valence-corrected chi connectivity index (χ4v) is 3.85. The van der Waals surface area contributed by atoms with Gasteiger partial charge in [-0.2, -0.15) is 0 Å². The maximum absolute atomic E-state index is 12.1. The molecule has 1 aliphatic heterocycles. The molecule has 102 valence electrons. The summed E-state index contributed by atoms with van der Waals surface area (Å²) in [7, 11) is -3.19. The molecule has 0 bridgehead atoms. The van der Waals surface area contributed by atoms with E-state index >= 15 is 0 Å². The maximum Gasteiger partial charge on any atom is 0.218 e. The topological polar surface area (TPSA) is 66.6 Å². The molecule has 6 heteroatoms. The van der Waals surface area contributed by atoms with E-state index in [4.69, 9.17) is 5.73 Å². The van der Waals surface area contributed by atoms with Crippen LogP contribution in [0.25, 0.3) is 0 Å². The minimum absolute atomic E-state index is 0.189. The summed E-state index contributed by atoms with van der Waals surface area (Å²) in [5, 5.41) is -0.474. The Hall–Kier alpha value is -0.170. The van der Waals surface area contributed by atoms with Gasteiger partial charge in [0.1, 0.15) is 0 Å². The zero-order valence-corrected chi connectivity index (χ0v) is 11.9. The molecule has 5 nitrogen and oxygen atoms in total. The average molecular weight is 263 g/mol. The predicted molar refractivity (Wildman–Crippen MR) is 70.3 cm³/mol. The maximum atomic E-state index is 12.1. The quantitative estimate of drug-likeness (QED) is 0.737. The van der Waals surface area contributed by atoms with Gasteiger partial charge in [-0.15, -0.1) is 0 Å². The smallest absolute Gasteiger partial charge is 0.218 e. The van der Waals surface area contributed by atoms with E-state index in [-0.39, 0.29) is 6.54 Å². The van der Waals surface area contributed by atoms with Crippen molar-refractivity contribution >= 4 is 10.0 Å². The van der Waals surface area contributed by atoms with Crippen LogP contribution in [0.5, 0.6) is 0 Å². The normalized spacial score (nSPS) is 24.4. The molecule has 0 aromatic rings. The lowest BCUT2D eigenvalue weighted by atomic mass is 10.2. The van der Waals surface area contributed by atoms with Crippen LogP contribution in [0, 0.1) is 0 Å². The van der Waals surface area contributed by atoms with Gasteiger partial charge >= 0.3 is 0 Å². The molecular weight excluding hydrogens is 238 g/mol. The zero-order valence-electron chi connectivity index (χ0n) is 11.1. The molecule has 1 heterocycles. The van der Waals surface area contributed by atoms with Gasteiger partial charge in [-0.3, -0.25) is 4.90 Å². The standard InChI is InChI=1S/C11H25N3O2S/c1-4-13(5-2)11-6-7-14(9-11)17(15,16)10(3)8-12/h10-11H,4-9,12H2,1-3H3. The van der Waals surface area contributed by atoms with Crippen molar-refractivity contribution in [2.24, 2.45) is 5.73 Å². The minimum atomic E-state index is -3.19. The predicted octanol–water partition coefficient (Wildman–Crippen LogP) is 0.0795. The molecule has 0 aromatic carbocycles. The van der Waals surface area contributed by atoms with Gasteiger partial charge in [-0.1, -0.05) is 13.8 Å². The third-order valence-corrected chi connectivity index (χ3v) is 5.92. The molecule has 0 radical (unpaired) electrons. The molecule has 0 aliphatic carbocycles. The van der Waals surface area contributed by atoms with Crippen LogP contribution in [0.1, 0.15) is 27.2 Å². The second kappa shape index (κ2) is 6.13. The number of sulfonamides is 1. The Morgan fingerprint density at radius 1 is 1.41 bits per heavy atom. The Kier molecular flexibility index (Phi) is 5.37. The number of nitrogens with two attached hydrogens (primary N) is 1. The molecule has 1 saturated heterocycles. The van der Waals surface area contributed by atoms with Crippen molar-refractivity contribution in [1.82, 2.24) is 9.21 Å². The first-order valence-electron chi connectivity index (χ1n) is 6.40. The fourth-order valence-electron chi connectivity index (χ4n) is 2.36. The molecule has 0 spiro atoms. The van der Waals surface area contributed by atoms with Crippen LogP contribution in [0.4, 0.5) is 0 Å². The van der Waals surface area contributed by atoms with E-state index in [9.17, 15) is 8.42 Å². The van der Waals surface area contributed by atoms with Crippen molar-refractivity contribution in [3.8, 4) is 0 Å². The summed E-state index contributed by atoms with van der Waals surface area (Å²) in [6, 6.07) is 0.366. The van der Waals surface area contributed by atoms with E-state index in [1.165, 1.54) is 0 Å². The lowest BCUT2D eigenvalue weighted by Gasteiger charge is -2.26. The lowest BCUT2D eigenvalue weighted by molar-refractivity contribution is 0.224. The third-order valence-electron chi connectivity index (χ3n) is 3.66. The van der Waals surface area contributed by atoms with Crippen molar-refractivity contribution in [3.05, 3.63) is 0 Å². The Labute approximate surface area is 105 Å². The first kappa shape index (κ1) is 14.9. The fraction of sp³-hybridized carbons (Fsp3) is 1.00. The highest BCUT2D eigenvalue weighted by molar-refractivity contribution is 7.89. The Bertz CT molecular complexity index is 328. The molecule has 1 fully saturated rings.